The summed E-state index contributed by atoms with van der Waals surface area (Å²) in [4.78, 5) is 12.7. The monoisotopic (exact) mass is 361 g/mol. The largest absolute Gasteiger partial charge is 0.217 e. The maximum absolute atomic E-state index is 5.93. The summed E-state index contributed by atoms with van der Waals surface area (Å²) in [6.07, 6.45) is 8.76. The molecule has 5 heteroatoms. The predicted molar refractivity (Wildman–Crippen MR) is 90.9 cm³/mol. The molecule has 1 heterocycles. The molecule has 106 valence electrons. The van der Waals surface area contributed by atoms with Crippen LogP contribution in [-0.4, -0.2) is 15.0 Å². The topological polar surface area (TPSA) is 38.7 Å². The van der Waals surface area contributed by atoms with Gasteiger partial charge in [0, 0.05) is 15.1 Å². The summed E-state index contributed by atoms with van der Waals surface area (Å²) in [5.41, 5.74) is 0.959. The van der Waals surface area contributed by atoms with Crippen molar-refractivity contribution in [3.8, 4) is 11.4 Å². The summed E-state index contributed by atoms with van der Waals surface area (Å²) in [6, 6.07) is 9.79. The van der Waals surface area contributed by atoms with E-state index in [0.717, 1.165) is 10.0 Å². The Kier molecular flexibility index (Phi) is 5.84. The van der Waals surface area contributed by atoms with Crippen molar-refractivity contribution in [3.05, 3.63) is 70.2 Å². The molecule has 1 aromatic carbocycles. The highest BCUT2D eigenvalue weighted by molar-refractivity contribution is 9.11. The van der Waals surface area contributed by atoms with Gasteiger partial charge in [-0.05, 0) is 25.2 Å². The Labute approximate surface area is 137 Å². The number of rotatable bonds is 4. The normalized spacial score (nSPS) is 12.9. The third kappa shape index (κ3) is 4.92. The van der Waals surface area contributed by atoms with Crippen molar-refractivity contribution >= 4 is 33.6 Å². The van der Waals surface area contributed by atoms with Crippen molar-refractivity contribution in [2.24, 2.45) is 0 Å². The smallest absolute Gasteiger partial charge is 0.163 e. The second-order valence-electron chi connectivity index (χ2n) is 4.07. The van der Waals surface area contributed by atoms with Crippen molar-refractivity contribution in [2.75, 3.05) is 0 Å². The summed E-state index contributed by atoms with van der Waals surface area (Å²) in [5.74, 6) is 1.24. The molecule has 0 radical (unpaired) electrons. The van der Waals surface area contributed by atoms with Crippen LogP contribution in [0.3, 0.4) is 0 Å². The third-order valence-corrected chi connectivity index (χ3v) is 3.39. The molecule has 0 atom stereocenters. The van der Waals surface area contributed by atoms with E-state index in [0.29, 0.717) is 16.7 Å². The molecule has 2 aromatic rings. The van der Waals surface area contributed by atoms with Gasteiger partial charge >= 0.3 is 0 Å². The van der Waals surface area contributed by atoms with Crippen molar-refractivity contribution in [1.29, 1.82) is 0 Å². The van der Waals surface area contributed by atoms with Gasteiger partial charge in [-0.1, -0.05) is 63.9 Å². The van der Waals surface area contributed by atoms with E-state index >= 15 is 0 Å². The molecule has 0 N–H and O–H groups in total. The fraction of sp³-hybridized carbons (Fsp3) is 0.0625. The lowest BCUT2D eigenvalue weighted by atomic mass is 10.2. The zero-order chi connectivity index (χ0) is 15.1. The lowest BCUT2D eigenvalue weighted by Gasteiger charge is -1.99. The second kappa shape index (κ2) is 7.86. The Morgan fingerprint density at radius 3 is 2.67 bits per heavy atom. The van der Waals surface area contributed by atoms with E-state index < -0.39 is 0 Å². The Balaban J connectivity index is 2.21. The van der Waals surface area contributed by atoms with Crippen LogP contribution < -0.4 is 0 Å². The molecular weight excluding hydrogens is 350 g/mol. The van der Waals surface area contributed by atoms with Crippen LogP contribution in [-0.2, 0) is 0 Å². The van der Waals surface area contributed by atoms with Crippen LogP contribution in [0.4, 0.5) is 0 Å². The van der Waals surface area contributed by atoms with Gasteiger partial charge in [0.05, 0.1) is 0 Å². The molecule has 0 amide bonds. The van der Waals surface area contributed by atoms with Gasteiger partial charge in [0.1, 0.15) is 6.33 Å². The summed E-state index contributed by atoms with van der Waals surface area (Å²) in [6.45, 7) is 1.88. The molecule has 21 heavy (non-hydrogen) atoms. The molecule has 0 saturated carbocycles. The first kappa shape index (κ1) is 15.6. The lowest BCUT2D eigenvalue weighted by molar-refractivity contribution is 1.04. The minimum atomic E-state index is 0.589. The summed E-state index contributed by atoms with van der Waals surface area (Å²) >= 11 is 9.34. The summed E-state index contributed by atoms with van der Waals surface area (Å²) < 4.78 is 0.840. The van der Waals surface area contributed by atoms with Crippen LogP contribution >= 0.6 is 27.5 Å². The fourth-order valence-electron chi connectivity index (χ4n) is 1.53. The number of nitrogens with zero attached hydrogens (tertiary/aromatic N) is 3. The fourth-order valence-corrected chi connectivity index (χ4v) is 2.16. The SMILES string of the molecule is C\C=C(Cl)/C=C(Br)\C=C\c1ncnc(-c2ccccc2)n1. The zero-order valence-electron chi connectivity index (χ0n) is 11.4. The maximum Gasteiger partial charge on any atom is 0.163 e. The number of benzene rings is 1. The minimum Gasteiger partial charge on any atom is -0.217 e. The van der Waals surface area contributed by atoms with Crippen LogP contribution in [0.1, 0.15) is 12.7 Å². The first-order chi connectivity index (χ1) is 10.2. The van der Waals surface area contributed by atoms with Gasteiger partial charge < -0.3 is 0 Å². The summed E-state index contributed by atoms with van der Waals surface area (Å²) in [5, 5.41) is 0.659. The Morgan fingerprint density at radius 2 is 1.95 bits per heavy atom. The first-order valence-corrected chi connectivity index (χ1v) is 7.47. The van der Waals surface area contributed by atoms with E-state index in [-0.39, 0.29) is 0 Å². The van der Waals surface area contributed by atoms with Crippen molar-refractivity contribution in [2.45, 2.75) is 6.92 Å². The van der Waals surface area contributed by atoms with E-state index in [4.69, 9.17) is 11.6 Å². The standard InChI is InChI=1S/C16H13BrClN3/c1-2-14(18)10-13(17)8-9-15-19-11-20-16(21-15)12-6-4-3-5-7-12/h2-11H,1H3/b9-8+,13-10+,14-2+. The molecule has 3 nitrogen and oxygen atoms in total. The van der Waals surface area contributed by atoms with Gasteiger partial charge in [-0.15, -0.1) is 0 Å². The number of hydrogen-bond acceptors (Lipinski definition) is 3. The number of allylic oxidation sites excluding steroid dienone is 5. The molecular formula is C16H13BrClN3. The molecule has 1 aromatic heterocycles. The molecule has 0 aliphatic heterocycles. The Hall–Kier alpha value is -1.78. The molecule has 2 rings (SSSR count). The lowest BCUT2D eigenvalue weighted by Crippen LogP contribution is -1.94. The predicted octanol–water partition coefficient (Wildman–Crippen LogP) is 4.97. The van der Waals surface area contributed by atoms with E-state index in [9.17, 15) is 0 Å². The van der Waals surface area contributed by atoms with Crippen LogP contribution in [0.25, 0.3) is 17.5 Å². The van der Waals surface area contributed by atoms with Crippen molar-refractivity contribution < 1.29 is 0 Å². The van der Waals surface area contributed by atoms with Gasteiger partial charge in [0.15, 0.2) is 11.6 Å². The molecule has 0 bridgehead atoms. The minimum absolute atomic E-state index is 0.589. The number of aromatic nitrogens is 3. The van der Waals surface area contributed by atoms with E-state index in [1.165, 1.54) is 6.33 Å². The van der Waals surface area contributed by atoms with E-state index in [1.807, 2.05) is 49.4 Å². The van der Waals surface area contributed by atoms with Gasteiger partial charge in [0.25, 0.3) is 0 Å². The Bertz CT molecular complexity index is 694. The summed E-state index contributed by atoms with van der Waals surface area (Å²) in [7, 11) is 0. The highest BCUT2D eigenvalue weighted by Crippen LogP contribution is 2.16. The quantitative estimate of drug-likeness (QED) is 0.721. The highest BCUT2D eigenvalue weighted by Gasteiger charge is 2.01. The van der Waals surface area contributed by atoms with Gasteiger partial charge in [-0.3, -0.25) is 0 Å². The number of hydrogen-bond donors (Lipinski definition) is 0. The van der Waals surface area contributed by atoms with Gasteiger partial charge in [-0.25, -0.2) is 15.0 Å². The van der Waals surface area contributed by atoms with E-state index in [2.05, 4.69) is 30.9 Å². The first-order valence-electron chi connectivity index (χ1n) is 6.30. The van der Waals surface area contributed by atoms with Crippen LogP contribution in [0.5, 0.6) is 0 Å². The average Bonchev–Trinajstić information content (AvgIpc) is 2.54. The molecule has 0 fully saturated rings. The second-order valence-corrected chi connectivity index (χ2v) is 5.42. The average molecular weight is 363 g/mol. The molecule has 0 spiro atoms. The van der Waals surface area contributed by atoms with Crippen LogP contribution in [0.2, 0.25) is 0 Å². The van der Waals surface area contributed by atoms with Crippen LogP contribution in [0.15, 0.2) is 64.4 Å². The van der Waals surface area contributed by atoms with Gasteiger partial charge in [0.2, 0.25) is 0 Å². The maximum atomic E-state index is 5.93. The number of halogens is 2. The van der Waals surface area contributed by atoms with E-state index in [1.54, 1.807) is 12.2 Å². The highest BCUT2D eigenvalue weighted by atomic mass is 79.9. The zero-order valence-corrected chi connectivity index (χ0v) is 13.7. The van der Waals surface area contributed by atoms with Crippen molar-refractivity contribution in [3.63, 3.8) is 0 Å². The molecule has 0 aliphatic rings. The van der Waals surface area contributed by atoms with Crippen LogP contribution in [0, 0.1) is 0 Å². The molecule has 0 unspecified atom stereocenters. The molecule has 0 saturated heterocycles. The molecule has 0 aliphatic carbocycles. The van der Waals surface area contributed by atoms with Crippen molar-refractivity contribution in [1.82, 2.24) is 15.0 Å². The Morgan fingerprint density at radius 1 is 1.19 bits per heavy atom. The van der Waals surface area contributed by atoms with Gasteiger partial charge in [-0.2, -0.15) is 0 Å². The third-order valence-electron chi connectivity index (χ3n) is 2.57.